The molecule has 0 aliphatic heterocycles. The van der Waals surface area contributed by atoms with Crippen LogP contribution in [0.2, 0.25) is 0 Å². The first-order valence-corrected chi connectivity index (χ1v) is 8.55. The van der Waals surface area contributed by atoms with Gasteiger partial charge in [-0.3, -0.25) is 9.59 Å². The molecule has 0 spiro atoms. The van der Waals surface area contributed by atoms with Crippen LogP contribution in [0.5, 0.6) is 0 Å². The molecule has 3 aliphatic rings. The number of Topliss-reactive ketones (excluding diaryl/α,β-unsaturated/α-hetero) is 2. The predicted molar refractivity (Wildman–Crippen MR) is 86.5 cm³/mol. The third kappa shape index (κ3) is 1.75. The number of fused-ring (bicyclic) bond motifs is 5. The maximum atomic E-state index is 12.9. The van der Waals surface area contributed by atoms with E-state index in [0.29, 0.717) is 19.3 Å². The zero-order valence-corrected chi connectivity index (χ0v) is 13.7. The van der Waals surface area contributed by atoms with Crippen molar-refractivity contribution in [2.24, 2.45) is 11.3 Å². The normalized spacial score (nSPS) is 35.3. The van der Waals surface area contributed by atoms with Crippen LogP contribution in [-0.4, -0.2) is 11.6 Å². The Labute approximate surface area is 136 Å². The minimum absolute atomic E-state index is 0.0731. The molecule has 3 heteroatoms. The van der Waals surface area contributed by atoms with Gasteiger partial charge in [0.1, 0.15) is 0 Å². The van der Waals surface area contributed by atoms with Gasteiger partial charge in [-0.15, -0.1) is 0 Å². The lowest BCUT2D eigenvalue weighted by molar-refractivity contribution is 0.0554. The van der Waals surface area contributed by atoms with E-state index in [4.69, 9.17) is 0 Å². The summed E-state index contributed by atoms with van der Waals surface area (Å²) in [7, 11) is 0. The van der Waals surface area contributed by atoms with Crippen molar-refractivity contribution in [3.05, 3.63) is 34.4 Å². The van der Waals surface area contributed by atoms with Gasteiger partial charge in [-0.2, -0.15) is 5.26 Å². The number of hydrogen-bond acceptors (Lipinski definition) is 3. The molecule has 4 rings (SSSR count). The highest BCUT2D eigenvalue weighted by Gasteiger charge is 2.54. The van der Waals surface area contributed by atoms with Crippen molar-refractivity contribution in [3.8, 4) is 6.07 Å². The number of ketones is 2. The van der Waals surface area contributed by atoms with E-state index in [-0.39, 0.29) is 22.9 Å². The summed E-state index contributed by atoms with van der Waals surface area (Å²) in [6.45, 7) is 4.24. The van der Waals surface area contributed by atoms with E-state index in [1.807, 2.05) is 19.1 Å². The Morgan fingerprint density at radius 1 is 1.13 bits per heavy atom. The van der Waals surface area contributed by atoms with Gasteiger partial charge in [-0.1, -0.05) is 25.5 Å². The molecule has 0 unspecified atom stereocenters. The van der Waals surface area contributed by atoms with Crippen LogP contribution in [0.1, 0.15) is 77.8 Å². The minimum atomic E-state index is -0.435. The molecular weight excluding hydrogens is 286 g/mol. The maximum absolute atomic E-state index is 12.9. The lowest BCUT2D eigenvalue weighted by Gasteiger charge is -2.52. The Balaban J connectivity index is 1.95. The molecule has 0 N–H and O–H groups in total. The molecule has 1 fully saturated rings. The van der Waals surface area contributed by atoms with Gasteiger partial charge in [0.05, 0.1) is 11.5 Å². The molecule has 0 bridgehead atoms. The van der Waals surface area contributed by atoms with Crippen LogP contribution in [0.15, 0.2) is 12.1 Å². The summed E-state index contributed by atoms with van der Waals surface area (Å²) in [5, 5.41) is 9.72. The molecule has 1 aromatic carbocycles. The number of hydrogen-bond donors (Lipinski definition) is 0. The molecule has 3 aliphatic carbocycles. The first-order chi connectivity index (χ1) is 10.9. The zero-order chi connectivity index (χ0) is 16.4. The Hall–Kier alpha value is -1.95. The highest BCUT2D eigenvalue weighted by atomic mass is 16.1. The largest absolute Gasteiger partial charge is 0.294 e. The lowest BCUT2D eigenvalue weighted by atomic mass is 9.49. The van der Waals surface area contributed by atoms with Gasteiger partial charge in [0.25, 0.3) is 0 Å². The van der Waals surface area contributed by atoms with Gasteiger partial charge in [0.15, 0.2) is 11.6 Å². The highest BCUT2D eigenvalue weighted by molar-refractivity contribution is 6.08. The lowest BCUT2D eigenvalue weighted by Crippen LogP contribution is -2.50. The Morgan fingerprint density at radius 3 is 2.65 bits per heavy atom. The van der Waals surface area contributed by atoms with Gasteiger partial charge in [0, 0.05) is 24.0 Å². The zero-order valence-electron chi connectivity index (χ0n) is 13.7. The Kier molecular flexibility index (Phi) is 2.89. The van der Waals surface area contributed by atoms with Crippen LogP contribution in [0, 0.1) is 22.7 Å². The predicted octanol–water partition coefficient (Wildman–Crippen LogP) is 3.99. The van der Waals surface area contributed by atoms with Crippen LogP contribution in [-0.2, 0) is 11.8 Å². The van der Waals surface area contributed by atoms with Crippen LogP contribution in [0.3, 0.4) is 0 Å². The van der Waals surface area contributed by atoms with Gasteiger partial charge >= 0.3 is 0 Å². The van der Waals surface area contributed by atoms with Crippen molar-refractivity contribution in [1.82, 2.24) is 0 Å². The van der Waals surface area contributed by atoms with Crippen molar-refractivity contribution in [2.75, 3.05) is 0 Å². The molecule has 0 heterocycles. The summed E-state index contributed by atoms with van der Waals surface area (Å²) in [6, 6.07) is 6.43. The van der Waals surface area contributed by atoms with Crippen LogP contribution in [0.25, 0.3) is 0 Å². The summed E-state index contributed by atoms with van der Waals surface area (Å²) in [6.07, 6.45) is 4.56. The minimum Gasteiger partial charge on any atom is -0.294 e. The molecule has 23 heavy (non-hydrogen) atoms. The van der Waals surface area contributed by atoms with Gasteiger partial charge < -0.3 is 0 Å². The molecule has 118 valence electrons. The molecule has 0 radical (unpaired) electrons. The van der Waals surface area contributed by atoms with Crippen molar-refractivity contribution < 1.29 is 9.59 Å². The van der Waals surface area contributed by atoms with Crippen LogP contribution >= 0.6 is 0 Å². The summed E-state index contributed by atoms with van der Waals surface area (Å²) < 4.78 is 0. The first kappa shape index (κ1) is 14.6. The third-order valence-corrected chi connectivity index (χ3v) is 6.68. The van der Waals surface area contributed by atoms with Crippen molar-refractivity contribution >= 4 is 11.6 Å². The summed E-state index contributed by atoms with van der Waals surface area (Å²) in [5.41, 5.74) is 3.06. The standard InChI is InChI=1S/C20H21NO2/c1-19(11-21)8-3-9-20(2)14-6-4-12-13(5-7-15(12)22)18(14)16(23)10-17(19)20/h4,6,17H,3,5,7-10H2,1-2H3/t17-,19-,20+/m0/s1. The summed E-state index contributed by atoms with van der Waals surface area (Å²) >= 11 is 0. The van der Waals surface area contributed by atoms with E-state index < -0.39 is 5.41 Å². The van der Waals surface area contributed by atoms with E-state index in [9.17, 15) is 14.9 Å². The average molecular weight is 307 g/mol. The monoisotopic (exact) mass is 307 g/mol. The molecule has 3 atom stereocenters. The molecular formula is C20H21NO2. The van der Waals surface area contributed by atoms with E-state index in [1.165, 1.54) is 0 Å². The third-order valence-electron chi connectivity index (χ3n) is 6.68. The SMILES string of the molecule is C[C@@]1(C#N)CCC[C@]2(C)c3ccc4c(c3C(=O)C[C@@H]12)CCC4=O. The number of nitrogens with zero attached hydrogens (tertiary/aromatic N) is 1. The topological polar surface area (TPSA) is 57.9 Å². The van der Waals surface area contributed by atoms with E-state index in [2.05, 4.69) is 13.0 Å². The van der Waals surface area contributed by atoms with E-state index in [1.54, 1.807) is 0 Å². The first-order valence-electron chi connectivity index (χ1n) is 8.55. The second-order valence-electron chi connectivity index (χ2n) is 7.92. The number of benzene rings is 1. The summed E-state index contributed by atoms with van der Waals surface area (Å²) in [5.74, 6) is 0.370. The molecule has 3 nitrogen and oxygen atoms in total. The average Bonchev–Trinajstić information content (AvgIpc) is 2.91. The molecule has 1 aromatic rings. The van der Waals surface area contributed by atoms with Crippen molar-refractivity contribution in [1.29, 1.82) is 5.26 Å². The highest BCUT2D eigenvalue weighted by Crippen LogP contribution is 2.57. The van der Waals surface area contributed by atoms with E-state index in [0.717, 1.165) is 41.5 Å². The van der Waals surface area contributed by atoms with Crippen LogP contribution < -0.4 is 0 Å². The smallest absolute Gasteiger partial charge is 0.163 e. The molecule has 0 amide bonds. The number of carbonyl (C=O) groups excluding carboxylic acids is 2. The fourth-order valence-corrected chi connectivity index (χ4v) is 5.40. The Morgan fingerprint density at radius 2 is 1.91 bits per heavy atom. The van der Waals surface area contributed by atoms with Crippen LogP contribution in [0.4, 0.5) is 0 Å². The van der Waals surface area contributed by atoms with Gasteiger partial charge in [-0.05, 0) is 48.6 Å². The second kappa shape index (κ2) is 4.54. The van der Waals surface area contributed by atoms with Gasteiger partial charge in [0.2, 0.25) is 0 Å². The fraction of sp³-hybridized carbons (Fsp3) is 0.550. The Bertz CT molecular complexity index is 788. The summed E-state index contributed by atoms with van der Waals surface area (Å²) in [4.78, 5) is 24.9. The van der Waals surface area contributed by atoms with E-state index >= 15 is 0 Å². The molecule has 0 saturated heterocycles. The second-order valence-corrected chi connectivity index (χ2v) is 7.92. The molecule has 0 aromatic heterocycles. The quantitative estimate of drug-likeness (QED) is 0.728. The number of rotatable bonds is 0. The van der Waals surface area contributed by atoms with Crippen molar-refractivity contribution in [3.63, 3.8) is 0 Å². The van der Waals surface area contributed by atoms with Gasteiger partial charge in [-0.25, -0.2) is 0 Å². The number of carbonyl (C=O) groups is 2. The maximum Gasteiger partial charge on any atom is 0.163 e. The fourth-order valence-electron chi connectivity index (χ4n) is 5.40. The van der Waals surface area contributed by atoms with Crippen molar-refractivity contribution in [2.45, 2.75) is 57.8 Å². The molecule has 1 saturated carbocycles. The number of nitriles is 1.